The smallest absolute Gasteiger partial charge is 0.370 e. The molecule has 0 saturated carbocycles. The van der Waals surface area contributed by atoms with Gasteiger partial charge >= 0.3 is 49.0 Å². The number of imidazole rings is 2. The SMILES string of the molecule is CO[C@@H]1[C@H](O)[C@H](O)C(Oc2ccc3cc4[nH]c(=O)[nH]c4nc3c2)OC1(C)C.C[P+](=O)C1NC(=O)NC1=O.Cc1ccc(C=O)c([N+](=O)[O-])c1.F.II.Nc1cc(O)ccc1CC1NC(=O)NC1=O.O=C1NC(=O)/C(=C\c2ccc(OCc3ccccc3)cc2[N+](=O)[O-])N1.O=c1[nH]c2cc3ccc(O)cc3nc2[nH]1. The Kier molecular flexibility index (Phi) is 28.8. The third-order valence-electron chi connectivity index (χ3n) is 15.6. The molecule has 14 rings (SSSR count). The lowest BCUT2D eigenvalue weighted by Gasteiger charge is -2.46. The number of nitrogens with zero attached hydrogens (tertiary/aromatic N) is 4. The number of ether oxygens (including phenoxy) is 4. The number of anilines is 1. The molecular formula is C67H66FI2N15O22P+. The number of phenolic OH excluding ortho intramolecular Hbond substituents is 2. The van der Waals surface area contributed by atoms with Gasteiger partial charge in [0, 0.05) is 91.5 Å². The Morgan fingerprint density at radius 3 is 1.77 bits per heavy atom. The molecule has 108 heavy (non-hydrogen) atoms. The van der Waals surface area contributed by atoms with Gasteiger partial charge in [-0.25, -0.2) is 33.9 Å². The number of nitrogens with two attached hydrogens (primary N) is 1. The minimum atomic E-state index is -1.66. The summed E-state index contributed by atoms with van der Waals surface area (Å²) < 4.78 is 33.1. The molecular weight excluding hydrogens is 1670 g/mol. The zero-order valence-electron chi connectivity index (χ0n) is 56.8. The molecule has 9 amide bonds. The van der Waals surface area contributed by atoms with Gasteiger partial charge in [-0.2, -0.15) is 0 Å². The van der Waals surface area contributed by atoms with Crippen LogP contribution in [0.5, 0.6) is 23.0 Å². The summed E-state index contributed by atoms with van der Waals surface area (Å²) in [4.78, 5) is 138. The summed E-state index contributed by atoms with van der Waals surface area (Å²) in [6.45, 7) is 6.92. The highest BCUT2D eigenvalue weighted by Gasteiger charge is 2.50. The summed E-state index contributed by atoms with van der Waals surface area (Å²) in [6, 6.07) is 34.1. The Morgan fingerprint density at radius 2 is 1.23 bits per heavy atom. The number of nitrogen functional groups attached to an aromatic ring is 1. The first-order chi connectivity index (χ1) is 50.8. The van der Waals surface area contributed by atoms with Crippen LogP contribution < -0.4 is 58.5 Å². The number of phenols is 2. The van der Waals surface area contributed by atoms with Crippen molar-refractivity contribution in [2.24, 2.45) is 0 Å². The molecule has 8 heterocycles. The molecule has 0 bridgehead atoms. The number of fused-ring (bicyclic) bond motifs is 4. The van der Waals surface area contributed by atoms with Crippen LogP contribution >= 0.6 is 45.0 Å². The maximum Gasteiger partial charge on any atom is 0.370 e. The zero-order valence-corrected chi connectivity index (χ0v) is 62.1. The number of hydrogen-bond donors (Lipinski definition) is 15. The van der Waals surface area contributed by atoms with Gasteiger partial charge in [-0.1, -0.05) is 47.0 Å². The second kappa shape index (κ2) is 37.3. The number of imide groups is 3. The summed E-state index contributed by atoms with van der Waals surface area (Å²) >= 11 is 4.24. The molecule has 16 N–H and O–H groups in total. The van der Waals surface area contributed by atoms with Crippen molar-refractivity contribution in [3.8, 4) is 23.0 Å². The van der Waals surface area contributed by atoms with Gasteiger partial charge in [0.2, 0.25) is 6.29 Å². The van der Waals surface area contributed by atoms with Crippen LogP contribution in [0.3, 0.4) is 0 Å². The lowest BCUT2D eigenvalue weighted by molar-refractivity contribution is -0.385. The fourth-order valence-electron chi connectivity index (χ4n) is 10.6. The maximum atomic E-state index is 11.5. The average Bonchev–Trinajstić information content (AvgIpc) is 1.63. The Labute approximate surface area is 630 Å². The average molecular weight is 1740 g/mol. The number of benzene rings is 6. The fourth-order valence-corrected chi connectivity index (χ4v) is 11.2. The molecule has 6 aromatic carbocycles. The molecule has 0 aliphatic carbocycles. The van der Waals surface area contributed by atoms with Crippen molar-refractivity contribution < 1.29 is 92.1 Å². The maximum absolute atomic E-state index is 11.5. The van der Waals surface area contributed by atoms with E-state index in [2.05, 4.69) is 88.4 Å². The van der Waals surface area contributed by atoms with Crippen LogP contribution in [-0.4, -0.2) is 158 Å². The van der Waals surface area contributed by atoms with Crippen LogP contribution in [0, 0.1) is 27.2 Å². The number of aliphatic hydroxyl groups is 2. The number of aromatic nitrogens is 6. The van der Waals surface area contributed by atoms with E-state index in [1.807, 2.05) is 47.0 Å². The molecule has 566 valence electrons. The number of aryl methyl sites for hydroxylation is 1. The van der Waals surface area contributed by atoms with Gasteiger partial charge < -0.3 is 65.7 Å². The first kappa shape index (κ1) is 83.3. The third kappa shape index (κ3) is 21.8. The van der Waals surface area contributed by atoms with Crippen LogP contribution in [0.4, 0.5) is 36.2 Å². The highest BCUT2D eigenvalue weighted by Crippen LogP contribution is 2.34. The Bertz CT molecular complexity index is 5240. The van der Waals surface area contributed by atoms with E-state index in [-0.39, 0.29) is 68.3 Å². The van der Waals surface area contributed by atoms with Crippen molar-refractivity contribution >= 4 is 154 Å². The number of halogens is 3. The summed E-state index contributed by atoms with van der Waals surface area (Å²) in [5.41, 5.74) is 10.4. The van der Waals surface area contributed by atoms with Crippen molar-refractivity contribution in [1.29, 1.82) is 0 Å². The van der Waals surface area contributed by atoms with Crippen LogP contribution in [0.25, 0.3) is 50.2 Å². The van der Waals surface area contributed by atoms with E-state index in [9.17, 15) is 83.3 Å². The van der Waals surface area contributed by atoms with Gasteiger partial charge in [0.15, 0.2) is 17.6 Å². The predicted octanol–water partition coefficient (Wildman–Crippen LogP) is 7.09. The number of aldehydes is 1. The van der Waals surface area contributed by atoms with E-state index >= 15 is 0 Å². The van der Waals surface area contributed by atoms with E-state index in [1.165, 1.54) is 56.2 Å². The molecule has 4 aromatic heterocycles. The van der Waals surface area contributed by atoms with E-state index in [1.54, 1.807) is 81.4 Å². The molecule has 7 atom stereocenters. The number of carbonyl (C=O) groups excluding carboxylic acids is 7. The Hall–Kier alpha value is -12.0. The molecule has 0 spiro atoms. The lowest BCUT2D eigenvalue weighted by atomic mass is 9.89. The molecule has 10 aromatic rings. The topological polar surface area (TPSA) is 562 Å². The second-order valence-electron chi connectivity index (χ2n) is 23.7. The van der Waals surface area contributed by atoms with Crippen LogP contribution in [-0.2, 0) is 41.5 Å². The van der Waals surface area contributed by atoms with Crippen molar-refractivity contribution in [2.75, 3.05) is 19.5 Å². The number of methoxy groups -OCH3 is 1. The number of aromatic hydroxyl groups is 2. The van der Waals surface area contributed by atoms with Crippen LogP contribution in [0.1, 0.15) is 46.5 Å². The Morgan fingerprint density at radius 1 is 0.667 bits per heavy atom. The van der Waals surface area contributed by atoms with E-state index in [0.717, 1.165) is 21.9 Å². The molecule has 4 aliphatic rings. The van der Waals surface area contributed by atoms with Gasteiger partial charge in [-0.15, -0.1) is 0 Å². The van der Waals surface area contributed by atoms with E-state index in [4.69, 9.17) is 29.8 Å². The fraction of sp³-hybridized carbons (Fsp3) is 0.209. The van der Waals surface area contributed by atoms with E-state index in [0.29, 0.717) is 68.8 Å². The summed E-state index contributed by atoms with van der Waals surface area (Å²) in [5.74, 6) is -1.36. The molecule has 41 heteroatoms. The van der Waals surface area contributed by atoms with Gasteiger partial charge in [-0.05, 0) is 104 Å². The van der Waals surface area contributed by atoms with Gasteiger partial charge in [-0.3, -0.25) is 75.3 Å². The molecule has 0 radical (unpaired) electrons. The number of nitrogens with one attached hydrogen (secondary N) is 10. The molecule has 4 aliphatic heterocycles. The monoisotopic (exact) mass is 1740 g/mol. The first-order valence-corrected chi connectivity index (χ1v) is 39.2. The third-order valence-corrected chi connectivity index (χ3v) is 16.7. The number of nitro groups is 2. The molecule has 37 nitrogen and oxygen atoms in total. The van der Waals surface area contributed by atoms with Crippen molar-refractivity contribution in [3.05, 3.63) is 208 Å². The van der Waals surface area contributed by atoms with Crippen molar-refractivity contribution in [2.45, 2.75) is 75.8 Å². The lowest BCUT2D eigenvalue weighted by Crippen LogP contribution is -2.63. The van der Waals surface area contributed by atoms with Gasteiger partial charge in [0.25, 0.3) is 23.2 Å². The van der Waals surface area contributed by atoms with Crippen LogP contribution in [0.2, 0.25) is 0 Å². The second-order valence-corrected chi connectivity index (χ2v) is 25.3. The number of rotatable bonds is 13. The number of hydrogen-bond acceptors (Lipinski definition) is 25. The number of aliphatic hydroxyl groups excluding tert-OH is 2. The number of aromatic amines is 4. The normalized spacial score (nSPS) is 18.3. The quantitative estimate of drug-likeness (QED) is 0.00800. The van der Waals surface area contributed by atoms with Crippen molar-refractivity contribution in [1.82, 2.24) is 61.8 Å². The highest BCUT2D eigenvalue weighted by atomic mass is 128. The molecule has 4 saturated heterocycles. The summed E-state index contributed by atoms with van der Waals surface area (Å²) in [5, 5.41) is 75.6. The van der Waals surface area contributed by atoms with Crippen molar-refractivity contribution in [3.63, 3.8) is 0 Å². The first-order valence-electron chi connectivity index (χ1n) is 31.2. The highest BCUT2D eigenvalue weighted by molar-refractivity contribution is 15.0. The van der Waals surface area contributed by atoms with Gasteiger partial charge in [0.1, 0.15) is 66.3 Å². The predicted molar refractivity (Wildman–Crippen MR) is 405 cm³/mol. The molecule has 4 fully saturated rings. The van der Waals surface area contributed by atoms with Crippen LogP contribution in [0.15, 0.2) is 149 Å². The number of urea groups is 3. The number of amides is 9. The largest absolute Gasteiger partial charge is 0.508 e. The number of nitro benzene ring substituents is 2. The minimum Gasteiger partial charge on any atom is -0.508 e. The summed E-state index contributed by atoms with van der Waals surface area (Å²) in [7, 11) is -0.209. The Balaban J connectivity index is 0.000000185. The number of carbonyl (C=O) groups is 7. The number of H-pyrrole nitrogens is 4. The van der Waals surface area contributed by atoms with E-state index < -0.39 is 89.6 Å². The minimum absolute atomic E-state index is 0. The van der Waals surface area contributed by atoms with Gasteiger partial charge in [0.05, 0.1) is 54.7 Å². The molecule has 4 unspecified atom stereocenters. The standard InChI is InChI=1S/C18H21N3O6.C17H13N3O5.C10H11N3O3.C10H7N3O2.C8H7NO3.C4H5N2O3P.FH.I2/c1-18(2)14(25-3)12(22)13(23)16(27-18)26-9-5-4-8-6-11-15(19-10(8)7-9)21-17(24)20-11;21-16-14(18-17(22)19-16)8-12-6-7-13(9-15(12)20(23)24)25-10-11-4-2-1-3-5-11;11-7-4-6(14)2-1-5(7)3-8-9(15)13-10(16)12-8;14-6-2-1-5-3-8-9(11-7(5)4-6)13-10(15)12-8;1-6-2-3-7(5-10)8(4-6)9(11)12;1-10(9)3-2(7)5-4(8)6-3;;1-2/h4-7,12-14,16,22-23H,1-3H3,(H2,19,20,21,24);1-9H,10H2,(H2,18,19,21,22);1-2,4,8,14H,3,11H2,(H2,12,13,15,16);1-4,14H,(H2,11,12,13,15);2-5H,1H3;3H,1H3,(H-,5,6,7,8);1H;/p+1/b;14-8+;;;;;;/t12-,13+,14-,16?;;;;;;;/m1......./s1. The summed E-state index contributed by atoms with van der Waals surface area (Å²) in [6.07, 6.45) is -2.17. The zero-order chi connectivity index (χ0) is 78.1. The number of pyridine rings is 2.